The minimum absolute atomic E-state index is 0.0632. The van der Waals surface area contributed by atoms with Crippen LogP contribution in [0, 0.1) is 0 Å². The van der Waals surface area contributed by atoms with Gasteiger partial charge in [-0.15, -0.1) is 11.8 Å². The third-order valence-electron chi connectivity index (χ3n) is 3.91. The lowest BCUT2D eigenvalue weighted by molar-refractivity contribution is -0.137. The SMILES string of the molecule is NC(N)=Nc1ccc(C(=O)Oc2ccc(SCN3C(=O)CCC3=O)cc2)cc1. The van der Waals surface area contributed by atoms with Crippen molar-refractivity contribution in [1.29, 1.82) is 0 Å². The molecule has 1 saturated heterocycles. The van der Waals surface area contributed by atoms with E-state index in [1.54, 1.807) is 48.5 Å². The van der Waals surface area contributed by atoms with Crippen LogP contribution in [0.4, 0.5) is 5.69 Å². The van der Waals surface area contributed by atoms with E-state index in [9.17, 15) is 14.4 Å². The molecule has 9 heteroatoms. The van der Waals surface area contributed by atoms with Crippen molar-refractivity contribution < 1.29 is 19.1 Å². The molecule has 0 bridgehead atoms. The number of hydrogen-bond donors (Lipinski definition) is 2. The van der Waals surface area contributed by atoms with Crippen LogP contribution in [0.25, 0.3) is 0 Å². The number of thioether (sulfide) groups is 1. The number of carbonyl (C=O) groups is 3. The monoisotopic (exact) mass is 398 g/mol. The average molecular weight is 398 g/mol. The van der Waals surface area contributed by atoms with Crippen molar-refractivity contribution in [3.05, 3.63) is 54.1 Å². The summed E-state index contributed by atoms with van der Waals surface area (Å²) in [6.45, 7) is 0. The summed E-state index contributed by atoms with van der Waals surface area (Å²) < 4.78 is 5.34. The number of amides is 2. The number of nitrogens with zero attached hydrogens (tertiary/aromatic N) is 2. The van der Waals surface area contributed by atoms with Crippen LogP contribution in [-0.4, -0.2) is 34.5 Å². The highest BCUT2D eigenvalue weighted by atomic mass is 32.2. The first-order valence-corrected chi connectivity index (χ1v) is 9.39. The van der Waals surface area contributed by atoms with Crippen molar-refractivity contribution >= 4 is 41.2 Å². The van der Waals surface area contributed by atoms with E-state index in [0.29, 0.717) is 17.0 Å². The fourth-order valence-corrected chi connectivity index (χ4v) is 3.39. The third-order valence-corrected chi connectivity index (χ3v) is 4.90. The van der Waals surface area contributed by atoms with E-state index in [1.165, 1.54) is 16.7 Å². The van der Waals surface area contributed by atoms with Gasteiger partial charge in [-0.05, 0) is 48.5 Å². The van der Waals surface area contributed by atoms with Gasteiger partial charge >= 0.3 is 5.97 Å². The zero-order valence-corrected chi connectivity index (χ0v) is 15.6. The van der Waals surface area contributed by atoms with E-state index in [-0.39, 0.29) is 36.5 Å². The molecule has 28 heavy (non-hydrogen) atoms. The van der Waals surface area contributed by atoms with Gasteiger partial charge in [0.2, 0.25) is 11.8 Å². The molecule has 1 fully saturated rings. The zero-order valence-electron chi connectivity index (χ0n) is 14.8. The number of ether oxygens (including phenoxy) is 1. The largest absolute Gasteiger partial charge is 0.423 e. The molecule has 8 nitrogen and oxygen atoms in total. The van der Waals surface area contributed by atoms with E-state index in [0.717, 1.165) is 4.90 Å². The van der Waals surface area contributed by atoms with Gasteiger partial charge in [0, 0.05) is 17.7 Å². The molecule has 2 aromatic rings. The van der Waals surface area contributed by atoms with Crippen LogP contribution in [-0.2, 0) is 9.59 Å². The van der Waals surface area contributed by atoms with Crippen molar-refractivity contribution in [2.24, 2.45) is 16.5 Å². The predicted molar refractivity (Wildman–Crippen MR) is 105 cm³/mol. The molecule has 144 valence electrons. The molecular weight excluding hydrogens is 380 g/mol. The summed E-state index contributed by atoms with van der Waals surface area (Å²) in [7, 11) is 0. The Hall–Kier alpha value is -3.33. The summed E-state index contributed by atoms with van der Waals surface area (Å²) >= 11 is 1.37. The Kier molecular flexibility index (Phi) is 5.95. The lowest BCUT2D eigenvalue weighted by Gasteiger charge is -2.13. The number of esters is 1. The minimum atomic E-state index is -0.509. The average Bonchev–Trinajstić information content (AvgIpc) is 2.99. The number of nitrogens with two attached hydrogens (primary N) is 2. The smallest absolute Gasteiger partial charge is 0.343 e. The number of likely N-dealkylation sites (tertiary alicyclic amines) is 1. The van der Waals surface area contributed by atoms with Crippen molar-refractivity contribution in [2.75, 3.05) is 5.88 Å². The molecule has 0 aromatic heterocycles. The van der Waals surface area contributed by atoms with E-state index >= 15 is 0 Å². The second-order valence-corrected chi connectivity index (χ2v) is 6.95. The fourth-order valence-electron chi connectivity index (χ4n) is 2.50. The van der Waals surface area contributed by atoms with E-state index in [2.05, 4.69) is 4.99 Å². The number of guanidine groups is 1. The molecule has 1 aliphatic heterocycles. The van der Waals surface area contributed by atoms with Crippen LogP contribution >= 0.6 is 11.8 Å². The number of hydrogen-bond acceptors (Lipinski definition) is 6. The summed E-state index contributed by atoms with van der Waals surface area (Å²) in [5.74, 6) is -0.200. The maximum absolute atomic E-state index is 12.2. The number of aliphatic imine (C=N–C) groups is 1. The fraction of sp³-hybridized carbons (Fsp3) is 0.158. The number of imide groups is 1. The first kappa shape index (κ1) is 19.4. The molecule has 1 aliphatic rings. The lowest BCUT2D eigenvalue weighted by atomic mass is 10.2. The second kappa shape index (κ2) is 8.57. The Balaban J connectivity index is 1.56. The first-order valence-electron chi connectivity index (χ1n) is 8.40. The maximum atomic E-state index is 12.2. The predicted octanol–water partition coefficient (Wildman–Crippen LogP) is 2.01. The zero-order chi connectivity index (χ0) is 20.1. The van der Waals surface area contributed by atoms with E-state index in [4.69, 9.17) is 16.2 Å². The van der Waals surface area contributed by atoms with Crippen LogP contribution in [0.1, 0.15) is 23.2 Å². The normalized spacial score (nSPS) is 13.5. The molecule has 4 N–H and O–H groups in total. The first-order chi connectivity index (χ1) is 13.4. The standard InChI is InChI=1S/C19H18N4O4S/c20-19(21)22-13-3-1-12(2-4-13)18(26)27-14-5-7-15(8-6-14)28-11-23-16(24)9-10-17(23)25/h1-8H,9-11H2,(H4,20,21,22). The quantitative estimate of drug-likeness (QED) is 0.190. The molecule has 0 radical (unpaired) electrons. The third kappa shape index (κ3) is 4.89. The van der Waals surface area contributed by atoms with Crippen LogP contribution in [0.2, 0.25) is 0 Å². The number of rotatable bonds is 6. The molecule has 0 unspecified atom stereocenters. The topological polar surface area (TPSA) is 128 Å². The summed E-state index contributed by atoms with van der Waals surface area (Å²) in [6, 6.07) is 13.2. The second-order valence-electron chi connectivity index (χ2n) is 5.93. The van der Waals surface area contributed by atoms with Gasteiger partial charge in [-0.1, -0.05) is 0 Å². The highest BCUT2D eigenvalue weighted by Gasteiger charge is 2.28. The van der Waals surface area contributed by atoms with Crippen LogP contribution in [0.5, 0.6) is 5.75 Å². The van der Waals surface area contributed by atoms with Gasteiger partial charge in [-0.3, -0.25) is 14.5 Å². The molecule has 2 amide bonds. The Bertz CT molecular complexity index is 906. The molecule has 2 aromatic carbocycles. The van der Waals surface area contributed by atoms with Gasteiger partial charge in [-0.2, -0.15) is 0 Å². The number of benzene rings is 2. The molecule has 0 saturated carbocycles. The summed E-state index contributed by atoms with van der Waals surface area (Å²) in [4.78, 5) is 41.4. The summed E-state index contributed by atoms with van der Waals surface area (Å²) in [5.41, 5.74) is 11.5. The Morgan fingerprint density at radius 1 is 1.00 bits per heavy atom. The molecule has 3 rings (SSSR count). The minimum Gasteiger partial charge on any atom is -0.423 e. The molecule has 0 spiro atoms. The van der Waals surface area contributed by atoms with E-state index < -0.39 is 5.97 Å². The van der Waals surface area contributed by atoms with Crippen molar-refractivity contribution in [1.82, 2.24) is 4.90 Å². The molecule has 1 heterocycles. The number of carbonyl (C=O) groups excluding carboxylic acids is 3. The Morgan fingerprint density at radius 2 is 1.61 bits per heavy atom. The summed E-state index contributed by atoms with van der Waals surface area (Å²) in [5, 5.41) is 0. The highest BCUT2D eigenvalue weighted by Crippen LogP contribution is 2.25. The summed E-state index contributed by atoms with van der Waals surface area (Å²) in [6.07, 6.45) is 0.558. The van der Waals surface area contributed by atoms with Crippen molar-refractivity contribution in [2.45, 2.75) is 17.7 Å². The molecule has 0 aliphatic carbocycles. The van der Waals surface area contributed by atoms with Gasteiger partial charge in [0.15, 0.2) is 5.96 Å². The van der Waals surface area contributed by atoms with Crippen LogP contribution < -0.4 is 16.2 Å². The van der Waals surface area contributed by atoms with Gasteiger partial charge in [-0.25, -0.2) is 9.79 Å². The van der Waals surface area contributed by atoms with Crippen LogP contribution in [0.3, 0.4) is 0 Å². The lowest BCUT2D eigenvalue weighted by Crippen LogP contribution is -2.28. The van der Waals surface area contributed by atoms with E-state index in [1.807, 2.05) is 0 Å². The maximum Gasteiger partial charge on any atom is 0.343 e. The van der Waals surface area contributed by atoms with Crippen molar-refractivity contribution in [3.63, 3.8) is 0 Å². The van der Waals surface area contributed by atoms with Crippen molar-refractivity contribution in [3.8, 4) is 5.75 Å². The van der Waals surface area contributed by atoms with Gasteiger partial charge < -0.3 is 16.2 Å². The Morgan fingerprint density at radius 3 is 2.18 bits per heavy atom. The van der Waals surface area contributed by atoms with Gasteiger partial charge in [0.25, 0.3) is 0 Å². The Labute approximate surface area is 165 Å². The van der Waals surface area contributed by atoms with Gasteiger partial charge in [0.05, 0.1) is 17.1 Å². The van der Waals surface area contributed by atoms with Crippen LogP contribution in [0.15, 0.2) is 58.4 Å². The molecular formula is C19H18N4O4S. The highest BCUT2D eigenvalue weighted by molar-refractivity contribution is 7.99. The van der Waals surface area contributed by atoms with Gasteiger partial charge in [0.1, 0.15) is 5.75 Å². The molecule has 0 atom stereocenters.